The van der Waals surface area contributed by atoms with Crippen LogP contribution in [0, 0.1) is 19.8 Å². The molecule has 0 spiro atoms. The third-order valence-corrected chi connectivity index (χ3v) is 7.54. The number of rotatable bonds is 8. The maximum atomic E-state index is 13.6. The fraction of sp³-hybridized carbons (Fsp3) is 0.500. The van der Waals surface area contributed by atoms with E-state index in [9.17, 15) is 18.6 Å². The van der Waals surface area contributed by atoms with Crippen molar-refractivity contribution in [3.05, 3.63) is 53.1 Å². The van der Waals surface area contributed by atoms with Crippen LogP contribution in [0.4, 0.5) is 5.69 Å². The van der Waals surface area contributed by atoms with Gasteiger partial charge in [-0.05, 0) is 37.5 Å². The fourth-order valence-electron chi connectivity index (χ4n) is 4.14. The van der Waals surface area contributed by atoms with Gasteiger partial charge in [0.05, 0.1) is 36.4 Å². The molecule has 2 aromatic rings. The van der Waals surface area contributed by atoms with Crippen LogP contribution in [0.15, 0.2) is 41.3 Å². The summed E-state index contributed by atoms with van der Waals surface area (Å²) in [5.74, 6) is -0.0276. The molecule has 1 aliphatic heterocycles. The van der Waals surface area contributed by atoms with Crippen LogP contribution in [0.5, 0.6) is 5.75 Å². The van der Waals surface area contributed by atoms with E-state index in [-0.39, 0.29) is 23.2 Å². The SMILES string of the molecule is Cc1ccc(N(CC(C)C)S(=O)(=O)c2ccc(C(CO)N3CCOCC3)c(O)c2)c(C)c1. The van der Waals surface area contributed by atoms with E-state index >= 15 is 0 Å². The number of phenolic OH excluding ortho intramolecular Hbond substituents is 1. The van der Waals surface area contributed by atoms with E-state index in [1.165, 1.54) is 16.4 Å². The molecule has 1 saturated heterocycles. The second-order valence-corrected chi connectivity index (χ2v) is 10.6. The number of benzene rings is 2. The molecule has 1 heterocycles. The van der Waals surface area contributed by atoms with Crippen LogP contribution in [0.3, 0.4) is 0 Å². The van der Waals surface area contributed by atoms with Gasteiger partial charge in [0.25, 0.3) is 10.0 Å². The molecule has 0 aliphatic carbocycles. The lowest BCUT2D eigenvalue weighted by Gasteiger charge is -2.34. The van der Waals surface area contributed by atoms with Gasteiger partial charge < -0.3 is 14.9 Å². The summed E-state index contributed by atoms with van der Waals surface area (Å²) >= 11 is 0. The van der Waals surface area contributed by atoms with Gasteiger partial charge in [-0.1, -0.05) is 37.6 Å². The van der Waals surface area contributed by atoms with Gasteiger partial charge in [-0.2, -0.15) is 0 Å². The number of nitrogens with zero attached hydrogens (tertiary/aromatic N) is 2. The summed E-state index contributed by atoms with van der Waals surface area (Å²) in [5, 5.41) is 20.7. The third kappa shape index (κ3) is 5.26. The highest BCUT2D eigenvalue weighted by Gasteiger charge is 2.30. The highest BCUT2D eigenvalue weighted by atomic mass is 32.2. The van der Waals surface area contributed by atoms with Gasteiger partial charge in [0, 0.05) is 31.3 Å². The molecule has 2 N–H and O–H groups in total. The van der Waals surface area contributed by atoms with Crippen LogP contribution in [0.1, 0.15) is 36.6 Å². The quantitative estimate of drug-likeness (QED) is 0.626. The van der Waals surface area contributed by atoms with Crippen LogP contribution in [0.25, 0.3) is 0 Å². The maximum Gasteiger partial charge on any atom is 0.264 e. The summed E-state index contributed by atoms with van der Waals surface area (Å²) in [5.41, 5.74) is 3.08. The average Bonchev–Trinajstić information content (AvgIpc) is 2.74. The molecule has 0 bridgehead atoms. The number of hydrogen-bond donors (Lipinski definition) is 2. The Morgan fingerprint density at radius 1 is 1.09 bits per heavy atom. The van der Waals surface area contributed by atoms with E-state index in [4.69, 9.17) is 4.74 Å². The standard InChI is InChI=1S/C24H34N2O5S/c1-17(2)15-26(22-8-5-18(3)13-19(22)4)32(29,30)20-6-7-21(24(28)14-20)23(16-27)25-9-11-31-12-10-25/h5-8,13-14,17,23,27-28H,9-12,15-16H2,1-4H3. The molecule has 0 aromatic heterocycles. The van der Waals surface area contributed by atoms with Crippen molar-refractivity contribution < 1.29 is 23.4 Å². The lowest BCUT2D eigenvalue weighted by molar-refractivity contribution is 0.00203. The highest BCUT2D eigenvalue weighted by molar-refractivity contribution is 7.92. The monoisotopic (exact) mass is 462 g/mol. The van der Waals surface area contributed by atoms with Gasteiger partial charge >= 0.3 is 0 Å². The van der Waals surface area contributed by atoms with Crippen LogP contribution in [0.2, 0.25) is 0 Å². The molecule has 3 rings (SSSR count). The Morgan fingerprint density at radius 2 is 1.78 bits per heavy atom. The van der Waals surface area contributed by atoms with Crippen molar-refractivity contribution in [3.8, 4) is 5.75 Å². The number of ether oxygens (including phenoxy) is 1. The highest BCUT2D eigenvalue weighted by Crippen LogP contribution is 2.34. The zero-order valence-electron chi connectivity index (χ0n) is 19.3. The van der Waals surface area contributed by atoms with Crippen molar-refractivity contribution in [3.63, 3.8) is 0 Å². The number of anilines is 1. The largest absolute Gasteiger partial charge is 0.508 e. The van der Waals surface area contributed by atoms with Crippen molar-refractivity contribution in [2.45, 2.75) is 38.6 Å². The molecule has 8 heteroatoms. The van der Waals surface area contributed by atoms with Gasteiger partial charge in [0.1, 0.15) is 5.75 Å². The Labute approximate surface area is 191 Å². The topological polar surface area (TPSA) is 90.3 Å². The lowest BCUT2D eigenvalue weighted by Crippen LogP contribution is -2.40. The summed E-state index contributed by atoms with van der Waals surface area (Å²) in [6, 6.07) is 9.70. The molecule has 1 atom stereocenters. The zero-order chi connectivity index (χ0) is 23.5. The van der Waals surface area contributed by atoms with Gasteiger partial charge in [-0.3, -0.25) is 9.21 Å². The normalized spacial score (nSPS) is 16.3. The number of phenols is 1. The minimum absolute atomic E-state index is 0.0260. The molecule has 0 radical (unpaired) electrons. The Balaban J connectivity index is 1.99. The smallest absolute Gasteiger partial charge is 0.264 e. The third-order valence-electron chi connectivity index (χ3n) is 5.76. The van der Waals surface area contributed by atoms with Crippen LogP contribution in [-0.2, 0) is 14.8 Å². The van der Waals surface area contributed by atoms with E-state index < -0.39 is 16.1 Å². The number of aliphatic hydroxyl groups is 1. The fourth-order valence-corrected chi connectivity index (χ4v) is 5.85. The van der Waals surface area contributed by atoms with Gasteiger partial charge in [0.15, 0.2) is 0 Å². The molecular weight excluding hydrogens is 428 g/mol. The molecule has 2 aromatic carbocycles. The minimum Gasteiger partial charge on any atom is -0.508 e. The molecule has 1 fully saturated rings. The number of aryl methyl sites for hydroxylation is 2. The molecule has 176 valence electrons. The minimum atomic E-state index is -3.90. The molecule has 0 saturated carbocycles. The summed E-state index contributed by atoms with van der Waals surface area (Å²) in [4.78, 5) is 2.06. The molecule has 1 unspecified atom stereocenters. The van der Waals surface area contributed by atoms with E-state index in [1.54, 1.807) is 6.07 Å². The van der Waals surface area contributed by atoms with E-state index in [0.29, 0.717) is 44.1 Å². The second kappa shape index (κ2) is 10.2. The van der Waals surface area contributed by atoms with Gasteiger partial charge in [0.2, 0.25) is 0 Å². The van der Waals surface area contributed by atoms with Crippen LogP contribution in [-0.4, -0.2) is 63.0 Å². The zero-order valence-corrected chi connectivity index (χ0v) is 20.1. The molecular formula is C24H34N2O5S. The number of aromatic hydroxyl groups is 1. The second-order valence-electron chi connectivity index (χ2n) is 8.79. The number of sulfonamides is 1. The summed E-state index contributed by atoms with van der Waals surface area (Å²) < 4.78 is 34.1. The van der Waals surface area contributed by atoms with Gasteiger partial charge in [-0.15, -0.1) is 0 Å². The Bertz CT molecular complexity index is 1030. The van der Waals surface area contributed by atoms with Gasteiger partial charge in [-0.25, -0.2) is 8.42 Å². The molecule has 1 aliphatic rings. The van der Waals surface area contributed by atoms with E-state index in [0.717, 1.165) is 11.1 Å². The summed E-state index contributed by atoms with van der Waals surface area (Å²) in [6.45, 7) is 10.4. The van der Waals surface area contributed by atoms with Crippen LogP contribution < -0.4 is 4.31 Å². The number of aliphatic hydroxyl groups excluding tert-OH is 1. The maximum absolute atomic E-state index is 13.6. The first-order valence-corrected chi connectivity index (χ1v) is 12.4. The van der Waals surface area contributed by atoms with Crippen molar-refractivity contribution in [1.82, 2.24) is 4.90 Å². The Morgan fingerprint density at radius 3 is 2.34 bits per heavy atom. The molecule has 7 nitrogen and oxygen atoms in total. The summed E-state index contributed by atoms with van der Waals surface area (Å²) in [6.07, 6.45) is 0. The predicted molar refractivity (Wildman–Crippen MR) is 126 cm³/mol. The Hall–Kier alpha value is -2.13. The summed E-state index contributed by atoms with van der Waals surface area (Å²) in [7, 11) is -3.90. The molecule has 32 heavy (non-hydrogen) atoms. The Kier molecular flexibility index (Phi) is 7.82. The average molecular weight is 463 g/mol. The first-order valence-electron chi connectivity index (χ1n) is 11.0. The van der Waals surface area contributed by atoms with E-state index in [2.05, 4.69) is 0 Å². The molecule has 0 amide bonds. The van der Waals surface area contributed by atoms with Crippen molar-refractivity contribution in [2.24, 2.45) is 5.92 Å². The lowest BCUT2D eigenvalue weighted by atomic mass is 10.0. The first kappa shape index (κ1) is 24.5. The van der Waals surface area contributed by atoms with Crippen molar-refractivity contribution in [2.75, 3.05) is 43.8 Å². The van der Waals surface area contributed by atoms with Crippen LogP contribution >= 0.6 is 0 Å². The number of hydrogen-bond acceptors (Lipinski definition) is 6. The van der Waals surface area contributed by atoms with Crippen molar-refractivity contribution >= 4 is 15.7 Å². The van der Waals surface area contributed by atoms with E-state index in [1.807, 2.05) is 50.8 Å². The predicted octanol–water partition coefficient (Wildman–Crippen LogP) is 3.23. The first-order chi connectivity index (χ1) is 15.1. The number of morpholine rings is 1. The van der Waals surface area contributed by atoms with Crippen molar-refractivity contribution in [1.29, 1.82) is 0 Å².